The van der Waals surface area contributed by atoms with Crippen LogP contribution in [0.2, 0.25) is 5.15 Å². The van der Waals surface area contributed by atoms with Crippen molar-refractivity contribution in [1.29, 1.82) is 5.41 Å². The Morgan fingerprint density at radius 3 is 2.00 bits per heavy atom. The minimum Gasteiger partial charge on any atom is -0.394 e. The second-order valence-corrected chi connectivity index (χ2v) is 14.0. The molecule has 18 nitrogen and oxygen atoms in total. The molecule has 2 aromatic carbocycles. The Morgan fingerprint density at radius 2 is 1.40 bits per heavy atom. The van der Waals surface area contributed by atoms with Crippen LogP contribution in [0.3, 0.4) is 0 Å². The number of nitrogen functional groups attached to an aromatic ring is 2. The number of aliphatic hydroxyl groups excluding tert-OH is 5. The molecule has 15 N–H and O–H groups in total. The normalized spacial score (nSPS) is 13.9. The summed E-state index contributed by atoms with van der Waals surface area (Å²) in [4.78, 5) is 46.5. The number of nitrogens with one attached hydrogen (secondary N) is 4. The largest absolute Gasteiger partial charge is 0.394 e. The molecule has 0 aliphatic heterocycles. The van der Waals surface area contributed by atoms with Crippen molar-refractivity contribution in [2.75, 3.05) is 44.8 Å². The lowest BCUT2D eigenvalue weighted by atomic mass is 9.99. The molecule has 0 radical (unpaired) electrons. The lowest BCUT2D eigenvalue weighted by Gasteiger charge is -2.26. The second kappa shape index (κ2) is 23.3. The van der Waals surface area contributed by atoms with Crippen LogP contribution < -0.4 is 33.2 Å². The first-order valence-electron chi connectivity index (χ1n) is 18.6. The Labute approximate surface area is 336 Å². The first-order valence-corrected chi connectivity index (χ1v) is 19.0. The molecule has 312 valence electrons. The highest BCUT2D eigenvalue weighted by Crippen LogP contribution is 2.22. The maximum atomic E-state index is 13.0. The molecule has 3 aromatic rings. The number of nitrogens with two attached hydrogens (primary N) is 3. The predicted octanol–water partition coefficient (Wildman–Crippen LogP) is -0.321. The highest BCUT2D eigenvalue weighted by atomic mass is 35.5. The van der Waals surface area contributed by atoms with Crippen molar-refractivity contribution in [1.82, 2.24) is 30.8 Å². The van der Waals surface area contributed by atoms with Crippen molar-refractivity contribution in [3.05, 3.63) is 70.5 Å². The van der Waals surface area contributed by atoms with Gasteiger partial charge in [-0.3, -0.25) is 25.1 Å². The van der Waals surface area contributed by atoms with E-state index in [1.165, 1.54) is 4.90 Å². The average Bonchev–Trinajstić information content (AvgIpc) is 3.19. The van der Waals surface area contributed by atoms with Crippen molar-refractivity contribution < 1.29 is 39.9 Å². The monoisotopic (exact) mass is 814 g/mol. The second-order valence-electron chi connectivity index (χ2n) is 13.7. The van der Waals surface area contributed by atoms with Gasteiger partial charge >= 0.3 is 0 Å². The molecule has 1 heterocycles. The highest BCUT2D eigenvalue weighted by Gasteiger charge is 2.30. The summed E-state index contributed by atoms with van der Waals surface area (Å²) in [7, 11) is 1.56. The van der Waals surface area contributed by atoms with Crippen LogP contribution >= 0.6 is 11.6 Å². The van der Waals surface area contributed by atoms with Gasteiger partial charge in [0.15, 0.2) is 28.4 Å². The number of benzene rings is 2. The lowest BCUT2D eigenvalue weighted by molar-refractivity contribution is -0.138. The average molecular weight is 815 g/mol. The molecule has 1 aromatic heterocycles. The van der Waals surface area contributed by atoms with E-state index in [9.17, 15) is 34.8 Å². The number of amides is 3. The quantitative estimate of drug-likeness (QED) is 0.0332. The number of aryl methyl sites for hydroxylation is 2. The third kappa shape index (κ3) is 14.8. The molecule has 0 saturated carbocycles. The van der Waals surface area contributed by atoms with Crippen LogP contribution in [0.25, 0.3) is 11.1 Å². The van der Waals surface area contributed by atoms with Gasteiger partial charge in [-0.2, -0.15) is 0 Å². The van der Waals surface area contributed by atoms with E-state index in [1.807, 2.05) is 24.3 Å². The van der Waals surface area contributed by atoms with E-state index in [2.05, 4.69) is 50.2 Å². The van der Waals surface area contributed by atoms with Gasteiger partial charge in [-0.15, -0.1) is 0 Å². The fourth-order valence-electron chi connectivity index (χ4n) is 5.87. The number of aromatic nitrogens is 2. The molecule has 3 amide bonds. The van der Waals surface area contributed by atoms with Gasteiger partial charge in [-0.25, -0.2) is 9.97 Å². The maximum Gasteiger partial charge on any atom is 0.280 e. The fourth-order valence-corrected chi connectivity index (χ4v) is 6.00. The molecule has 0 aliphatic rings. The molecule has 5 atom stereocenters. The molecule has 0 aliphatic carbocycles. The number of unbranched alkanes of at least 4 members (excludes halogenated alkanes) is 2. The summed E-state index contributed by atoms with van der Waals surface area (Å²) in [6.45, 7) is 0.0602. The summed E-state index contributed by atoms with van der Waals surface area (Å²) in [5, 5.41) is 63.8. The lowest BCUT2D eigenvalue weighted by Crippen LogP contribution is -2.49. The molecule has 57 heavy (non-hydrogen) atoms. The van der Waals surface area contributed by atoms with E-state index in [0.717, 1.165) is 41.5 Å². The minimum atomic E-state index is -1.70. The third-order valence-corrected chi connectivity index (χ3v) is 9.65. The van der Waals surface area contributed by atoms with Crippen molar-refractivity contribution in [2.24, 2.45) is 5.73 Å². The summed E-state index contributed by atoms with van der Waals surface area (Å²) < 4.78 is 0. The van der Waals surface area contributed by atoms with Gasteiger partial charge in [0.05, 0.1) is 12.7 Å². The van der Waals surface area contributed by atoms with Crippen molar-refractivity contribution in [3.63, 3.8) is 0 Å². The van der Waals surface area contributed by atoms with E-state index in [4.69, 9.17) is 39.3 Å². The van der Waals surface area contributed by atoms with Crippen LogP contribution in [-0.2, 0) is 22.4 Å². The summed E-state index contributed by atoms with van der Waals surface area (Å²) in [6.07, 6.45) is -1.70. The number of primary amides is 1. The van der Waals surface area contributed by atoms with Gasteiger partial charge in [0.1, 0.15) is 24.4 Å². The molecule has 0 spiro atoms. The van der Waals surface area contributed by atoms with Crippen LogP contribution in [0.4, 0.5) is 11.6 Å². The number of carbonyl (C=O) groups excluding carboxylic acids is 3. The number of halogens is 1. The van der Waals surface area contributed by atoms with Crippen LogP contribution in [0, 0.1) is 5.41 Å². The first kappa shape index (κ1) is 46.4. The number of anilines is 2. The number of rotatable bonds is 23. The van der Waals surface area contributed by atoms with Gasteiger partial charge in [0, 0.05) is 26.6 Å². The first-order chi connectivity index (χ1) is 27.1. The van der Waals surface area contributed by atoms with E-state index in [1.54, 1.807) is 7.05 Å². The van der Waals surface area contributed by atoms with Crippen LogP contribution in [0.15, 0.2) is 48.5 Å². The number of carbonyl (C=O) groups is 3. The molecular formula is C38H55ClN10O8. The zero-order valence-electron chi connectivity index (χ0n) is 31.9. The zero-order valence-corrected chi connectivity index (χ0v) is 32.7. The number of likely N-dealkylation sites (N-methyl/N-ethyl adjacent to an activating group) is 1. The minimum absolute atomic E-state index is 0.0685. The van der Waals surface area contributed by atoms with E-state index in [-0.39, 0.29) is 47.3 Å². The maximum absolute atomic E-state index is 13.0. The van der Waals surface area contributed by atoms with Crippen LogP contribution in [0.5, 0.6) is 0 Å². The topological polar surface area (TPSA) is 319 Å². The molecular weight excluding hydrogens is 760 g/mol. The Hall–Kier alpha value is -4.95. The van der Waals surface area contributed by atoms with Crippen molar-refractivity contribution in [2.45, 2.75) is 81.8 Å². The predicted molar refractivity (Wildman–Crippen MR) is 216 cm³/mol. The van der Waals surface area contributed by atoms with Crippen molar-refractivity contribution >= 4 is 46.9 Å². The van der Waals surface area contributed by atoms with Crippen molar-refractivity contribution in [3.8, 4) is 11.1 Å². The standard InChI is InChI=1S/C38H55ClN10O8/c1-49(26(36(42)56)7-3-4-18-44-20-27(51)31(54)32(55)28(52)21-50)29(53)17-12-23-10-15-25(16-11-23)24-13-8-22(9-14-24)6-2-5-19-45-38(43)48-37(57)30-34(40)47-35(41)33(39)46-30/h8-11,13-16,26-28,31-32,44,50-52,54-55H,2-7,12,17-21H2,1H3,(H2,42,56)(H4,40,41,47)(H3,43,45,48,57). The summed E-state index contributed by atoms with van der Waals surface area (Å²) in [5.74, 6) is -2.02. The number of hydrogen-bond donors (Lipinski definition) is 12. The smallest absolute Gasteiger partial charge is 0.280 e. The van der Waals surface area contributed by atoms with Gasteiger partial charge in [-0.1, -0.05) is 60.1 Å². The Kier molecular flexibility index (Phi) is 19.0. The Morgan fingerprint density at radius 1 is 0.825 bits per heavy atom. The van der Waals surface area contributed by atoms with Gasteiger partial charge in [0.25, 0.3) is 5.91 Å². The Balaban J connectivity index is 1.34. The molecule has 5 unspecified atom stereocenters. The number of hydrogen-bond acceptors (Lipinski definition) is 14. The summed E-state index contributed by atoms with van der Waals surface area (Å²) >= 11 is 5.82. The van der Waals surface area contributed by atoms with Gasteiger partial charge in [0.2, 0.25) is 11.8 Å². The van der Waals surface area contributed by atoms with Gasteiger partial charge in [-0.05, 0) is 73.7 Å². The Bertz CT molecular complexity index is 1770. The third-order valence-electron chi connectivity index (χ3n) is 9.37. The fraction of sp³-hybridized carbons (Fsp3) is 0.474. The number of aliphatic hydroxyl groups is 5. The van der Waals surface area contributed by atoms with E-state index in [0.29, 0.717) is 38.8 Å². The zero-order chi connectivity index (χ0) is 42.1. The number of guanidine groups is 1. The molecule has 0 bridgehead atoms. The van der Waals surface area contributed by atoms with Crippen LogP contribution in [0.1, 0.15) is 60.1 Å². The number of nitrogens with zero attached hydrogens (tertiary/aromatic N) is 3. The summed E-state index contributed by atoms with van der Waals surface area (Å²) in [5.41, 5.74) is 20.8. The molecule has 0 saturated heterocycles. The highest BCUT2D eigenvalue weighted by molar-refractivity contribution is 6.31. The van der Waals surface area contributed by atoms with Crippen LogP contribution in [-0.4, -0.2) is 128 Å². The van der Waals surface area contributed by atoms with E-state index < -0.39 is 48.9 Å². The molecule has 19 heteroatoms. The SMILES string of the molecule is CN(C(=O)CCc1ccc(-c2ccc(CCCCNC(=N)NC(=O)c3nc(Cl)c(N)nc3N)cc2)cc1)C(CCCCNCC(O)C(O)C(O)C(O)CO)C(N)=O. The molecule has 0 fully saturated rings. The van der Waals surface area contributed by atoms with Gasteiger partial charge < -0.3 is 58.3 Å². The summed E-state index contributed by atoms with van der Waals surface area (Å²) in [6, 6.07) is 15.4. The molecule has 3 rings (SSSR count). The van der Waals surface area contributed by atoms with E-state index >= 15 is 0 Å².